The Kier molecular flexibility index (Phi) is 7.52. The van der Waals surface area contributed by atoms with E-state index >= 15 is 0 Å². The van der Waals surface area contributed by atoms with Crippen LogP contribution < -0.4 is 10.1 Å². The number of fused-ring (bicyclic) bond motifs is 2. The number of rotatable bonds is 8. The highest BCUT2D eigenvalue weighted by molar-refractivity contribution is 5.97. The summed E-state index contributed by atoms with van der Waals surface area (Å²) < 4.78 is 20.4. The first-order valence-corrected chi connectivity index (χ1v) is 14.1. The van der Waals surface area contributed by atoms with Crippen molar-refractivity contribution in [3.63, 3.8) is 0 Å². The molecule has 224 valence electrons. The summed E-state index contributed by atoms with van der Waals surface area (Å²) in [6, 6.07) is 10.2. The van der Waals surface area contributed by atoms with E-state index in [1.165, 1.54) is 12.1 Å². The number of likely N-dealkylation sites (N-methyl/N-ethyl adjacent to an activating group) is 1. The molecule has 0 unspecified atom stereocenters. The van der Waals surface area contributed by atoms with Crippen LogP contribution in [0.15, 0.2) is 61.2 Å². The van der Waals surface area contributed by atoms with Crippen molar-refractivity contribution in [2.75, 3.05) is 32.6 Å². The van der Waals surface area contributed by atoms with Gasteiger partial charge in [-0.05, 0) is 44.4 Å². The summed E-state index contributed by atoms with van der Waals surface area (Å²) in [4.78, 5) is 36.1. The molecule has 44 heavy (non-hydrogen) atoms. The topological polar surface area (TPSA) is 138 Å². The number of pyridine rings is 3. The van der Waals surface area contributed by atoms with E-state index in [0.29, 0.717) is 58.5 Å². The molecule has 1 amide bonds. The van der Waals surface area contributed by atoms with Gasteiger partial charge in [-0.2, -0.15) is 5.10 Å². The van der Waals surface area contributed by atoms with Crippen molar-refractivity contribution in [3.8, 4) is 39.7 Å². The Morgan fingerprint density at radius 2 is 1.82 bits per heavy atom. The molecule has 6 rings (SSSR count). The van der Waals surface area contributed by atoms with Crippen LogP contribution in [0, 0.1) is 11.2 Å². The molecule has 0 aliphatic rings. The van der Waals surface area contributed by atoms with E-state index in [9.17, 15) is 9.18 Å². The van der Waals surface area contributed by atoms with Crippen LogP contribution in [0.3, 0.4) is 0 Å². The van der Waals surface area contributed by atoms with Gasteiger partial charge in [-0.3, -0.25) is 19.9 Å². The van der Waals surface area contributed by atoms with Gasteiger partial charge in [-0.1, -0.05) is 20.8 Å². The van der Waals surface area contributed by atoms with E-state index in [-0.39, 0.29) is 5.91 Å². The number of ether oxygens (including phenoxy) is 1. The molecule has 0 fully saturated rings. The van der Waals surface area contributed by atoms with Crippen molar-refractivity contribution in [2.24, 2.45) is 5.41 Å². The number of imidazole rings is 1. The number of anilines is 1. The minimum atomic E-state index is -0.541. The average molecular weight is 594 g/mol. The molecule has 0 aliphatic heterocycles. The molecule has 0 bridgehead atoms. The number of carbonyl (C=O) groups excluding carboxylic acids is 1. The number of aromatic nitrogens is 7. The second-order valence-corrected chi connectivity index (χ2v) is 11.8. The molecule has 1 aromatic carbocycles. The van der Waals surface area contributed by atoms with Crippen molar-refractivity contribution >= 4 is 33.7 Å². The van der Waals surface area contributed by atoms with E-state index < -0.39 is 11.2 Å². The summed E-state index contributed by atoms with van der Waals surface area (Å²) in [7, 11) is 3.90. The van der Waals surface area contributed by atoms with E-state index in [0.717, 1.165) is 22.0 Å². The second kappa shape index (κ2) is 11.5. The van der Waals surface area contributed by atoms with Crippen molar-refractivity contribution in [3.05, 3.63) is 67.0 Å². The molecule has 0 atom stereocenters. The van der Waals surface area contributed by atoms with Gasteiger partial charge in [0.25, 0.3) is 0 Å². The quantitative estimate of drug-likeness (QED) is 0.205. The lowest BCUT2D eigenvalue weighted by atomic mass is 9.95. The molecule has 0 saturated carbocycles. The molecule has 0 radical (unpaired) electrons. The molecular weight excluding hydrogens is 561 g/mol. The van der Waals surface area contributed by atoms with E-state index in [1.807, 2.05) is 58.0 Å². The number of benzene rings is 1. The number of hydrogen-bond donors (Lipinski definition) is 3. The number of H-pyrrole nitrogens is 2. The SMILES string of the molecule is CN(C)CCOc1cc(F)cc(-c2nccc3[nH]c(-c4n[nH]c5ncc(-c6cncc(NC(=O)C(C)(C)C)c6)cc45)nc23)c1. The Labute approximate surface area is 252 Å². The molecule has 11 nitrogen and oxygen atoms in total. The highest BCUT2D eigenvalue weighted by Gasteiger charge is 2.22. The van der Waals surface area contributed by atoms with Gasteiger partial charge >= 0.3 is 0 Å². The van der Waals surface area contributed by atoms with Crippen LogP contribution in [-0.4, -0.2) is 73.2 Å². The summed E-state index contributed by atoms with van der Waals surface area (Å²) in [6.45, 7) is 6.69. The fourth-order valence-electron chi connectivity index (χ4n) is 4.61. The summed E-state index contributed by atoms with van der Waals surface area (Å²) in [6.07, 6.45) is 6.70. The molecule has 12 heteroatoms. The Hall–Kier alpha value is -5.23. The molecule has 5 heterocycles. The lowest BCUT2D eigenvalue weighted by Crippen LogP contribution is -2.27. The minimum Gasteiger partial charge on any atom is -0.492 e. The zero-order valence-electron chi connectivity index (χ0n) is 25.1. The van der Waals surface area contributed by atoms with Gasteiger partial charge in [0, 0.05) is 53.3 Å². The largest absolute Gasteiger partial charge is 0.492 e. The third-order valence-corrected chi connectivity index (χ3v) is 7.00. The number of nitrogens with zero attached hydrogens (tertiary/aromatic N) is 6. The van der Waals surface area contributed by atoms with E-state index in [2.05, 4.69) is 35.5 Å². The number of hydrogen-bond acceptors (Lipinski definition) is 8. The van der Waals surface area contributed by atoms with Crippen LogP contribution in [0.1, 0.15) is 20.8 Å². The highest BCUT2D eigenvalue weighted by atomic mass is 19.1. The molecule has 5 aromatic heterocycles. The number of nitrogens with one attached hydrogen (secondary N) is 3. The van der Waals surface area contributed by atoms with Crippen molar-refractivity contribution < 1.29 is 13.9 Å². The summed E-state index contributed by atoms with van der Waals surface area (Å²) in [5.41, 5.74) is 5.12. The van der Waals surface area contributed by atoms with Crippen molar-refractivity contribution in [1.82, 2.24) is 40.0 Å². The van der Waals surface area contributed by atoms with Crippen molar-refractivity contribution in [1.29, 1.82) is 0 Å². The van der Waals surface area contributed by atoms with Crippen LogP contribution in [0.5, 0.6) is 5.75 Å². The molecular formula is C32H32FN9O2. The summed E-state index contributed by atoms with van der Waals surface area (Å²) in [5.74, 6) is 0.394. The lowest BCUT2D eigenvalue weighted by molar-refractivity contribution is -0.123. The molecule has 6 aromatic rings. The number of amides is 1. The maximum atomic E-state index is 14.6. The van der Waals surface area contributed by atoms with Gasteiger partial charge in [0.2, 0.25) is 5.91 Å². The number of carbonyl (C=O) groups is 1. The Balaban J connectivity index is 1.35. The van der Waals surface area contributed by atoms with Crippen LogP contribution in [0.2, 0.25) is 0 Å². The second-order valence-electron chi connectivity index (χ2n) is 11.8. The normalized spacial score (nSPS) is 11.9. The smallest absolute Gasteiger partial charge is 0.229 e. The summed E-state index contributed by atoms with van der Waals surface area (Å²) >= 11 is 0. The Bertz CT molecular complexity index is 1990. The first-order valence-electron chi connectivity index (χ1n) is 14.1. The molecule has 0 saturated heterocycles. The maximum absolute atomic E-state index is 14.6. The fraction of sp³-hybridized carbons (Fsp3) is 0.250. The molecule has 0 aliphatic carbocycles. The third kappa shape index (κ3) is 5.97. The van der Waals surface area contributed by atoms with Crippen LogP contribution in [-0.2, 0) is 4.79 Å². The Morgan fingerprint density at radius 1 is 1.00 bits per heavy atom. The van der Waals surface area contributed by atoms with Gasteiger partial charge < -0.3 is 19.9 Å². The minimum absolute atomic E-state index is 0.104. The van der Waals surface area contributed by atoms with E-state index in [4.69, 9.17) is 9.72 Å². The number of halogens is 1. The molecule has 3 N–H and O–H groups in total. The first-order chi connectivity index (χ1) is 21.0. The predicted molar refractivity (Wildman–Crippen MR) is 168 cm³/mol. The van der Waals surface area contributed by atoms with E-state index in [1.54, 1.807) is 30.9 Å². The number of aromatic amines is 2. The zero-order chi connectivity index (χ0) is 31.0. The highest BCUT2D eigenvalue weighted by Crippen LogP contribution is 2.33. The van der Waals surface area contributed by atoms with Crippen LogP contribution in [0.25, 0.3) is 56.0 Å². The van der Waals surface area contributed by atoms with Gasteiger partial charge in [0.05, 0.1) is 28.5 Å². The van der Waals surface area contributed by atoms with Crippen LogP contribution >= 0.6 is 0 Å². The monoisotopic (exact) mass is 593 g/mol. The van der Waals surface area contributed by atoms with Gasteiger partial charge in [-0.25, -0.2) is 14.4 Å². The van der Waals surface area contributed by atoms with Crippen LogP contribution in [0.4, 0.5) is 10.1 Å². The van der Waals surface area contributed by atoms with Gasteiger partial charge in [-0.15, -0.1) is 0 Å². The van der Waals surface area contributed by atoms with Gasteiger partial charge in [0.1, 0.15) is 29.4 Å². The zero-order valence-corrected chi connectivity index (χ0v) is 25.1. The maximum Gasteiger partial charge on any atom is 0.229 e. The van der Waals surface area contributed by atoms with Crippen molar-refractivity contribution in [2.45, 2.75) is 20.8 Å². The average Bonchev–Trinajstić information content (AvgIpc) is 3.60. The predicted octanol–water partition coefficient (Wildman–Crippen LogP) is 5.69. The standard InChI is InChI=1S/C32H32FN9O2/c1-32(2,3)31(43)37-22-11-19(15-34-17-22)20-13-24-27(40-41-29(24)36-16-20)30-38-25-6-7-35-26(28(25)39-30)18-10-21(33)14-23(12-18)44-9-8-42(4)5/h6-7,10-17H,8-9H2,1-5H3,(H,37,43)(H,38,39)(H,36,40,41). The first kappa shape index (κ1) is 28.9. The lowest BCUT2D eigenvalue weighted by Gasteiger charge is -2.17. The van der Waals surface area contributed by atoms with Gasteiger partial charge in [0.15, 0.2) is 11.5 Å². The summed E-state index contributed by atoms with van der Waals surface area (Å²) in [5, 5.41) is 11.1. The third-order valence-electron chi connectivity index (χ3n) is 7.00. The fourth-order valence-corrected chi connectivity index (χ4v) is 4.61. The molecule has 0 spiro atoms. The Morgan fingerprint density at radius 3 is 2.61 bits per heavy atom.